The van der Waals surface area contributed by atoms with Crippen molar-refractivity contribution in [2.24, 2.45) is 5.41 Å². The highest BCUT2D eigenvalue weighted by Gasteiger charge is 2.22. The Kier molecular flexibility index (Phi) is 6.67. The Labute approximate surface area is 108 Å². The fraction of sp³-hybridized carbons (Fsp3) is 1.00. The third kappa shape index (κ3) is 9.57. The van der Waals surface area contributed by atoms with Crippen molar-refractivity contribution in [3.63, 3.8) is 0 Å². The third-order valence-electron chi connectivity index (χ3n) is 2.57. The molecule has 0 radical (unpaired) electrons. The van der Waals surface area contributed by atoms with Crippen LogP contribution in [0.1, 0.15) is 41.5 Å². The molecule has 0 bridgehead atoms. The zero-order valence-corrected chi connectivity index (χ0v) is 13.1. The van der Waals surface area contributed by atoms with Gasteiger partial charge in [0.1, 0.15) is 0 Å². The summed E-state index contributed by atoms with van der Waals surface area (Å²) >= 11 is 0. The van der Waals surface area contributed by atoms with E-state index in [1.807, 2.05) is 0 Å². The zero-order valence-electron chi connectivity index (χ0n) is 13.1. The van der Waals surface area contributed by atoms with Crippen molar-refractivity contribution < 1.29 is 4.74 Å². The summed E-state index contributed by atoms with van der Waals surface area (Å²) in [6.07, 6.45) is 0. The van der Waals surface area contributed by atoms with Gasteiger partial charge in [0.2, 0.25) is 0 Å². The summed E-state index contributed by atoms with van der Waals surface area (Å²) in [7, 11) is 3.95. The second-order valence-electron chi connectivity index (χ2n) is 7.22. The van der Waals surface area contributed by atoms with Crippen LogP contribution in [0, 0.1) is 5.41 Å². The van der Waals surface area contributed by atoms with E-state index >= 15 is 0 Å². The van der Waals surface area contributed by atoms with Gasteiger partial charge in [-0.3, -0.25) is 4.90 Å². The van der Waals surface area contributed by atoms with E-state index in [1.54, 1.807) is 7.11 Å². The van der Waals surface area contributed by atoms with Gasteiger partial charge in [-0.2, -0.15) is 0 Å². The molecule has 1 unspecified atom stereocenters. The number of rotatable bonds is 6. The average molecular weight is 244 g/mol. The van der Waals surface area contributed by atoms with Gasteiger partial charge >= 0.3 is 0 Å². The van der Waals surface area contributed by atoms with Gasteiger partial charge < -0.3 is 10.1 Å². The molecule has 17 heavy (non-hydrogen) atoms. The maximum Gasteiger partial charge on any atom is 0.0630 e. The molecule has 0 saturated carbocycles. The smallest absolute Gasteiger partial charge is 0.0630 e. The Morgan fingerprint density at radius 1 is 1.12 bits per heavy atom. The summed E-state index contributed by atoms with van der Waals surface area (Å²) in [5.74, 6) is 0. The van der Waals surface area contributed by atoms with E-state index in [1.165, 1.54) is 0 Å². The van der Waals surface area contributed by atoms with Gasteiger partial charge in [-0.15, -0.1) is 0 Å². The second kappa shape index (κ2) is 6.72. The Hall–Kier alpha value is -0.120. The number of likely N-dealkylation sites (N-methyl/N-ethyl adjacent to an activating group) is 1. The quantitative estimate of drug-likeness (QED) is 0.776. The number of ether oxygens (including phenoxy) is 1. The largest absolute Gasteiger partial charge is 0.383 e. The monoisotopic (exact) mass is 244 g/mol. The molecule has 0 aliphatic heterocycles. The molecule has 0 fully saturated rings. The van der Waals surface area contributed by atoms with Crippen LogP contribution in [0.4, 0.5) is 0 Å². The van der Waals surface area contributed by atoms with Crippen LogP contribution in [-0.2, 0) is 4.74 Å². The van der Waals surface area contributed by atoms with Crippen LogP contribution in [0.5, 0.6) is 0 Å². The molecule has 3 nitrogen and oxygen atoms in total. The molecule has 0 saturated heterocycles. The van der Waals surface area contributed by atoms with Crippen LogP contribution < -0.4 is 5.32 Å². The normalized spacial score (nSPS) is 15.4. The fourth-order valence-corrected chi connectivity index (χ4v) is 1.84. The van der Waals surface area contributed by atoms with Crippen LogP contribution in [0.25, 0.3) is 0 Å². The number of methoxy groups -OCH3 is 1. The van der Waals surface area contributed by atoms with Gasteiger partial charge in [0, 0.05) is 31.8 Å². The highest BCUT2D eigenvalue weighted by molar-refractivity contribution is 4.79. The van der Waals surface area contributed by atoms with Crippen molar-refractivity contribution in [3.8, 4) is 0 Å². The van der Waals surface area contributed by atoms with Gasteiger partial charge in [-0.25, -0.2) is 0 Å². The first-order chi connectivity index (χ1) is 7.55. The highest BCUT2D eigenvalue weighted by atomic mass is 16.5. The minimum absolute atomic E-state index is 0.161. The van der Waals surface area contributed by atoms with E-state index in [0.717, 1.165) is 19.7 Å². The lowest BCUT2D eigenvalue weighted by atomic mass is 9.95. The molecule has 1 N–H and O–H groups in total. The molecule has 0 aromatic rings. The summed E-state index contributed by atoms with van der Waals surface area (Å²) in [5, 5.41) is 3.55. The van der Waals surface area contributed by atoms with Gasteiger partial charge in [0.25, 0.3) is 0 Å². The van der Waals surface area contributed by atoms with Crippen LogP contribution in [0.15, 0.2) is 0 Å². The molecule has 0 aliphatic rings. The molecule has 104 valence electrons. The van der Waals surface area contributed by atoms with Crippen LogP contribution in [-0.4, -0.2) is 50.3 Å². The fourth-order valence-electron chi connectivity index (χ4n) is 1.84. The molecule has 0 aliphatic carbocycles. The number of hydrogen-bond donors (Lipinski definition) is 1. The van der Waals surface area contributed by atoms with Crippen molar-refractivity contribution in [2.45, 2.75) is 53.1 Å². The molecule has 0 heterocycles. The van der Waals surface area contributed by atoms with Crippen molar-refractivity contribution in [1.82, 2.24) is 10.2 Å². The second-order valence-corrected chi connectivity index (χ2v) is 7.22. The van der Waals surface area contributed by atoms with E-state index in [2.05, 4.69) is 58.8 Å². The Balaban J connectivity index is 4.31. The summed E-state index contributed by atoms with van der Waals surface area (Å²) in [6.45, 7) is 16.2. The van der Waals surface area contributed by atoms with Crippen molar-refractivity contribution in [1.29, 1.82) is 0 Å². The van der Waals surface area contributed by atoms with Crippen LogP contribution >= 0.6 is 0 Å². The first-order valence-electron chi connectivity index (χ1n) is 6.49. The predicted octanol–water partition coefficient (Wildman–Crippen LogP) is 2.37. The van der Waals surface area contributed by atoms with Crippen molar-refractivity contribution in [3.05, 3.63) is 0 Å². The molecule has 0 aromatic heterocycles. The van der Waals surface area contributed by atoms with Crippen LogP contribution in [0.3, 0.4) is 0 Å². The molecule has 0 amide bonds. The average Bonchev–Trinajstić information content (AvgIpc) is 2.07. The van der Waals surface area contributed by atoms with Gasteiger partial charge in [-0.05, 0) is 33.2 Å². The zero-order chi connectivity index (χ0) is 13.7. The standard InChI is InChI=1S/C14H32N2O/c1-13(2,3)11-16(7)12(10-17-8)9-15-14(4,5)6/h12,15H,9-11H2,1-8H3. The molecule has 0 rings (SSSR count). The summed E-state index contributed by atoms with van der Waals surface area (Å²) in [5.41, 5.74) is 0.483. The SMILES string of the molecule is COCC(CNC(C)(C)C)N(C)CC(C)(C)C. The summed E-state index contributed by atoms with van der Waals surface area (Å²) in [4.78, 5) is 2.39. The van der Waals surface area contributed by atoms with Gasteiger partial charge in [0.15, 0.2) is 0 Å². The van der Waals surface area contributed by atoms with E-state index < -0.39 is 0 Å². The Bertz CT molecular complexity index is 203. The predicted molar refractivity (Wildman–Crippen MR) is 75.5 cm³/mol. The molecular formula is C14H32N2O. The maximum absolute atomic E-state index is 5.32. The number of nitrogens with zero attached hydrogens (tertiary/aromatic N) is 1. The first-order valence-corrected chi connectivity index (χ1v) is 6.49. The Morgan fingerprint density at radius 2 is 1.65 bits per heavy atom. The van der Waals surface area contributed by atoms with E-state index in [0.29, 0.717) is 11.5 Å². The van der Waals surface area contributed by atoms with Crippen molar-refractivity contribution in [2.75, 3.05) is 33.9 Å². The molecule has 1 atom stereocenters. The molecule has 0 aromatic carbocycles. The van der Waals surface area contributed by atoms with E-state index in [4.69, 9.17) is 4.74 Å². The highest BCUT2D eigenvalue weighted by Crippen LogP contribution is 2.16. The number of nitrogens with one attached hydrogen (secondary N) is 1. The lowest BCUT2D eigenvalue weighted by molar-refractivity contribution is 0.0814. The van der Waals surface area contributed by atoms with Gasteiger partial charge in [0.05, 0.1) is 6.61 Å². The van der Waals surface area contributed by atoms with E-state index in [9.17, 15) is 0 Å². The molecule has 3 heteroatoms. The van der Waals surface area contributed by atoms with Crippen molar-refractivity contribution >= 4 is 0 Å². The summed E-state index contributed by atoms with van der Waals surface area (Å²) in [6, 6.07) is 0.429. The van der Waals surface area contributed by atoms with Gasteiger partial charge in [-0.1, -0.05) is 20.8 Å². The molecule has 0 spiro atoms. The Morgan fingerprint density at radius 3 is 2.00 bits per heavy atom. The minimum Gasteiger partial charge on any atom is -0.383 e. The third-order valence-corrected chi connectivity index (χ3v) is 2.57. The first kappa shape index (κ1) is 16.9. The molecular weight excluding hydrogens is 212 g/mol. The topological polar surface area (TPSA) is 24.5 Å². The lowest BCUT2D eigenvalue weighted by Crippen LogP contribution is -2.50. The number of hydrogen-bond acceptors (Lipinski definition) is 3. The maximum atomic E-state index is 5.32. The van der Waals surface area contributed by atoms with Crippen LogP contribution in [0.2, 0.25) is 0 Å². The lowest BCUT2D eigenvalue weighted by Gasteiger charge is -2.35. The summed E-state index contributed by atoms with van der Waals surface area (Å²) < 4.78 is 5.32. The van der Waals surface area contributed by atoms with E-state index in [-0.39, 0.29) is 5.54 Å². The minimum atomic E-state index is 0.161.